The minimum atomic E-state index is -0.492. The molecule has 0 atom stereocenters. The molecule has 1 amide bonds. The molecule has 9 nitrogen and oxygen atoms in total. The quantitative estimate of drug-likeness (QED) is 0.120. The van der Waals surface area contributed by atoms with E-state index in [1.54, 1.807) is 28.0 Å². The predicted molar refractivity (Wildman–Crippen MR) is 146 cm³/mol. The molecule has 0 saturated carbocycles. The first-order valence-corrected chi connectivity index (χ1v) is 13.5. The molecule has 1 aliphatic carbocycles. The van der Waals surface area contributed by atoms with Crippen LogP contribution in [0.1, 0.15) is 34.4 Å². The lowest BCUT2D eigenvalue weighted by molar-refractivity contribution is -0.384. The summed E-state index contributed by atoms with van der Waals surface area (Å²) in [5.41, 5.74) is 5.65. The molecule has 0 fully saturated rings. The van der Waals surface area contributed by atoms with Crippen molar-refractivity contribution in [2.75, 3.05) is 5.75 Å². The molecule has 0 radical (unpaired) electrons. The van der Waals surface area contributed by atoms with Gasteiger partial charge in [0.2, 0.25) is 0 Å². The third-order valence-electron chi connectivity index (χ3n) is 6.07. The van der Waals surface area contributed by atoms with Crippen LogP contribution in [0.4, 0.5) is 5.69 Å². The number of nitrogens with zero attached hydrogens (tertiary/aromatic N) is 4. The van der Waals surface area contributed by atoms with Crippen LogP contribution in [0, 0.1) is 17.0 Å². The van der Waals surface area contributed by atoms with Gasteiger partial charge in [0.1, 0.15) is 4.83 Å². The topological polar surface area (TPSA) is 119 Å². The number of fused-ring (bicyclic) bond motifs is 3. The molecule has 1 N–H and O–H groups in total. The summed E-state index contributed by atoms with van der Waals surface area (Å²) in [5, 5.41) is 16.0. The summed E-state index contributed by atoms with van der Waals surface area (Å²) in [5.74, 6) is -0.400. The Hall–Kier alpha value is -3.83. The van der Waals surface area contributed by atoms with Crippen molar-refractivity contribution < 1.29 is 9.72 Å². The highest BCUT2D eigenvalue weighted by Crippen LogP contribution is 2.35. The van der Waals surface area contributed by atoms with Gasteiger partial charge in [0.25, 0.3) is 17.2 Å². The zero-order chi connectivity index (χ0) is 25.9. The molecule has 0 unspecified atom stereocenters. The van der Waals surface area contributed by atoms with Gasteiger partial charge in [0, 0.05) is 22.6 Å². The zero-order valence-corrected chi connectivity index (χ0v) is 21.6. The van der Waals surface area contributed by atoms with E-state index in [9.17, 15) is 19.7 Å². The van der Waals surface area contributed by atoms with Crippen LogP contribution in [-0.4, -0.2) is 32.3 Å². The summed E-state index contributed by atoms with van der Waals surface area (Å²) in [6, 6.07) is 13.6. The number of carbonyl (C=O) groups is 1. The van der Waals surface area contributed by atoms with Gasteiger partial charge >= 0.3 is 0 Å². The molecule has 5 rings (SSSR count). The van der Waals surface area contributed by atoms with E-state index in [1.165, 1.54) is 35.0 Å². The number of carbonyl (C=O) groups excluding carboxylic acids is 1. The number of nitrogens with one attached hydrogen (secondary N) is 1. The van der Waals surface area contributed by atoms with E-state index in [0.29, 0.717) is 26.6 Å². The zero-order valence-electron chi connectivity index (χ0n) is 20.0. The molecule has 188 valence electrons. The van der Waals surface area contributed by atoms with Crippen molar-refractivity contribution in [2.45, 2.75) is 37.8 Å². The number of nitro benzene ring substituents is 1. The minimum Gasteiger partial charge on any atom is -0.272 e. The Labute approximate surface area is 220 Å². The summed E-state index contributed by atoms with van der Waals surface area (Å²) in [4.78, 5) is 43.5. The van der Waals surface area contributed by atoms with Gasteiger partial charge in [-0.15, -0.1) is 11.3 Å². The van der Waals surface area contributed by atoms with Crippen LogP contribution in [-0.2, 0) is 17.6 Å². The van der Waals surface area contributed by atoms with Crippen molar-refractivity contribution in [3.63, 3.8) is 0 Å². The van der Waals surface area contributed by atoms with Gasteiger partial charge in [-0.2, -0.15) is 5.10 Å². The number of aryl methyl sites for hydroxylation is 3. The van der Waals surface area contributed by atoms with Gasteiger partial charge < -0.3 is 0 Å². The van der Waals surface area contributed by atoms with E-state index in [4.69, 9.17) is 4.98 Å². The van der Waals surface area contributed by atoms with E-state index in [1.807, 2.05) is 31.2 Å². The Bertz CT molecular complexity index is 1590. The van der Waals surface area contributed by atoms with Gasteiger partial charge in [-0.3, -0.25) is 24.3 Å². The molecule has 11 heteroatoms. The highest BCUT2D eigenvalue weighted by molar-refractivity contribution is 7.99. The maximum Gasteiger partial charge on any atom is 0.270 e. The van der Waals surface area contributed by atoms with Gasteiger partial charge in [-0.25, -0.2) is 10.4 Å². The van der Waals surface area contributed by atoms with Crippen LogP contribution in [0.2, 0.25) is 0 Å². The second-order valence-electron chi connectivity index (χ2n) is 8.70. The van der Waals surface area contributed by atoms with Crippen LogP contribution < -0.4 is 11.0 Å². The Morgan fingerprint density at radius 1 is 1.24 bits per heavy atom. The summed E-state index contributed by atoms with van der Waals surface area (Å²) in [7, 11) is 0. The van der Waals surface area contributed by atoms with Crippen molar-refractivity contribution in [2.24, 2.45) is 5.10 Å². The maximum atomic E-state index is 13.8. The van der Waals surface area contributed by atoms with Crippen LogP contribution in [0.5, 0.6) is 0 Å². The molecule has 0 saturated heterocycles. The molecular weight excluding hydrogens is 510 g/mol. The lowest BCUT2D eigenvalue weighted by Crippen LogP contribution is -2.24. The van der Waals surface area contributed by atoms with E-state index in [2.05, 4.69) is 10.5 Å². The smallest absolute Gasteiger partial charge is 0.270 e. The first-order chi connectivity index (χ1) is 17.9. The van der Waals surface area contributed by atoms with E-state index in [-0.39, 0.29) is 22.9 Å². The number of thiophene rings is 1. The Morgan fingerprint density at radius 2 is 2.03 bits per heavy atom. The molecule has 2 aromatic heterocycles. The number of hydrogen-bond donors (Lipinski definition) is 1. The molecule has 0 aliphatic heterocycles. The van der Waals surface area contributed by atoms with Gasteiger partial charge in [0.15, 0.2) is 5.16 Å². The molecule has 0 spiro atoms. The lowest BCUT2D eigenvalue weighted by atomic mass is 9.97. The van der Waals surface area contributed by atoms with Gasteiger partial charge in [-0.1, -0.05) is 41.6 Å². The maximum absolute atomic E-state index is 13.8. The first kappa shape index (κ1) is 24.8. The molecule has 1 aliphatic rings. The Morgan fingerprint density at radius 3 is 2.81 bits per heavy atom. The molecule has 0 bridgehead atoms. The third-order valence-corrected chi connectivity index (χ3v) is 8.19. The van der Waals surface area contributed by atoms with Crippen molar-refractivity contribution in [3.8, 4) is 5.69 Å². The summed E-state index contributed by atoms with van der Waals surface area (Å²) in [6.45, 7) is 1.98. The third kappa shape index (κ3) is 5.32. The monoisotopic (exact) mass is 533 g/mol. The van der Waals surface area contributed by atoms with E-state index >= 15 is 0 Å². The minimum absolute atomic E-state index is 0.0127. The summed E-state index contributed by atoms with van der Waals surface area (Å²) < 4.78 is 1.59. The molecule has 37 heavy (non-hydrogen) atoms. The van der Waals surface area contributed by atoms with Crippen molar-refractivity contribution in [1.82, 2.24) is 15.0 Å². The van der Waals surface area contributed by atoms with Crippen LogP contribution in [0.3, 0.4) is 0 Å². The van der Waals surface area contributed by atoms with Crippen LogP contribution in [0.15, 0.2) is 63.6 Å². The normalized spacial score (nSPS) is 13.1. The highest BCUT2D eigenvalue weighted by Gasteiger charge is 2.23. The summed E-state index contributed by atoms with van der Waals surface area (Å²) >= 11 is 2.74. The number of non-ortho nitro benzene ring substituents is 1. The second kappa shape index (κ2) is 10.7. The van der Waals surface area contributed by atoms with Crippen molar-refractivity contribution in [1.29, 1.82) is 0 Å². The Kier molecular flexibility index (Phi) is 7.15. The fourth-order valence-electron chi connectivity index (χ4n) is 4.26. The van der Waals surface area contributed by atoms with Gasteiger partial charge in [-0.05, 0) is 50.3 Å². The van der Waals surface area contributed by atoms with Gasteiger partial charge in [0.05, 0.1) is 28.0 Å². The largest absolute Gasteiger partial charge is 0.272 e. The second-order valence-corrected chi connectivity index (χ2v) is 10.7. The number of amides is 1. The molecule has 2 heterocycles. The lowest BCUT2D eigenvalue weighted by Gasteiger charge is -2.13. The average Bonchev–Trinajstić information content (AvgIpc) is 3.27. The number of hydrazone groups is 1. The summed E-state index contributed by atoms with van der Waals surface area (Å²) in [6.07, 6.45) is 5.38. The molecule has 2 aromatic carbocycles. The number of hydrogen-bond acceptors (Lipinski definition) is 8. The fourth-order valence-corrected chi connectivity index (χ4v) is 6.37. The first-order valence-electron chi connectivity index (χ1n) is 11.7. The number of thioether (sulfide) groups is 1. The molecule has 4 aromatic rings. The standard InChI is InChI=1S/C26H23N5O4S2/c1-16-9-11-18(12-10-16)30-25(33)23-20-7-2-3-8-21(20)37-24(23)28-26(30)36-15-22(32)29-27-14-17-5-4-6-19(13-17)31(34)35/h4-6,9-14H,2-3,7-8,15H2,1H3,(H,29,32)/b27-14+. The number of benzene rings is 2. The predicted octanol–water partition coefficient (Wildman–Crippen LogP) is 4.79. The SMILES string of the molecule is Cc1ccc(-n2c(SCC(=O)N/N=C/c3cccc([N+](=O)[O-])c3)nc3sc4c(c3c2=O)CCCC4)cc1. The average molecular weight is 534 g/mol. The van der Waals surface area contributed by atoms with Crippen LogP contribution in [0.25, 0.3) is 15.9 Å². The van der Waals surface area contributed by atoms with Crippen molar-refractivity contribution in [3.05, 3.63) is 90.6 Å². The van der Waals surface area contributed by atoms with Crippen LogP contribution >= 0.6 is 23.1 Å². The fraction of sp³-hybridized carbons (Fsp3) is 0.231. The van der Waals surface area contributed by atoms with E-state index < -0.39 is 4.92 Å². The highest BCUT2D eigenvalue weighted by atomic mass is 32.2. The van der Waals surface area contributed by atoms with E-state index in [0.717, 1.165) is 36.8 Å². The molecular formula is C26H23N5O4S2. The van der Waals surface area contributed by atoms with Crippen molar-refractivity contribution >= 4 is 51.1 Å². The number of rotatable bonds is 7. The number of aromatic nitrogens is 2. The Balaban J connectivity index is 1.40. The number of nitro groups is 1.